The number of aromatic carboxylic acids is 1. The van der Waals surface area contributed by atoms with Gasteiger partial charge in [0, 0.05) is 55.8 Å². The van der Waals surface area contributed by atoms with Crippen LogP contribution in [0, 0.1) is 30.6 Å². The predicted octanol–water partition coefficient (Wildman–Crippen LogP) is 3.21. The summed E-state index contributed by atoms with van der Waals surface area (Å²) in [5.74, 6) is -6.19. The number of fused-ring (bicyclic) bond motifs is 1. The summed E-state index contributed by atoms with van der Waals surface area (Å²) in [5, 5.41) is 66.9. The first kappa shape index (κ1) is 57.1. The van der Waals surface area contributed by atoms with E-state index in [9.17, 15) is 44.7 Å². The highest BCUT2D eigenvalue weighted by molar-refractivity contribution is 5.91. The summed E-state index contributed by atoms with van der Waals surface area (Å²) in [4.78, 5) is 56.9. The Bertz CT molecular complexity index is 2110. The molecule has 2 aromatic heterocycles. The first-order valence-corrected chi connectivity index (χ1v) is 23.8. The molecule has 18 atom stereocenters. The van der Waals surface area contributed by atoms with Gasteiger partial charge in [0.15, 0.2) is 12.6 Å². The molecule has 0 saturated carbocycles. The monoisotopic (exact) mass is 966 g/mol. The lowest BCUT2D eigenvalue weighted by Crippen LogP contribution is -2.61. The Hall–Kier alpha value is -3.47. The molecule has 3 aliphatic rings. The Balaban J connectivity index is 0.000000493. The minimum Gasteiger partial charge on any atom is -0.477 e. The van der Waals surface area contributed by atoms with Crippen LogP contribution in [-0.2, 0) is 44.6 Å². The van der Waals surface area contributed by atoms with Gasteiger partial charge in [-0.1, -0.05) is 27.7 Å². The summed E-state index contributed by atoms with van der Waals surface area (Å²) in [6.45, 7) is 20.6. The van der Waals surface area contributed by atoms with Gasteiger partial charge in [-0.05, 0) is 101 Å². The molecule has 6 N–H and O–H groups in total. The number of pyridine rings is 2. The number of aromatic nitrogens is 2. The molecule has 68 heavy (non-hydrogen) atoms. The van der Waals surface area contributed by atoms with Crippen LogP contribution in [0.2, 0.25) is 0 Å². The topological polar surface area (TPSA) is 266 Å². The van der Waals surface area contributed by atoms with Gasteiger partial charge in [0.2, 0.25) is 5.43 Å². The van der Waals surface area contributed by atoms with Gasteiger partial charge in [-0.3, -0.25) is 14.4 Å². The Morgan fingerprint density at radius 1 is 0.926 bits per heavy atom. The van der Waals surface area contributed by atoms with Gasteiger partial charge in [0.1, 0.15) is 40.9 Å². The maximum absolute atomic E-state index is 14.1. The van der Waals surface area contributed by atoms with Crippen molar-refractivity contribution in [3.05, 3.63) is 39.8 Å². The molecule has 2 aromatic rings. The molecule has 0 aliphatic carbocycles. The second kappa shape index (κ2) is 22.7. The number of ether oxygens (including phenoxy) is 6. The summed E-state index contributed by atoms with van der Waals surface area (Å²) in [6, 6.07) is 3.00. The number of carbonyl (C=O) groups is 3. The number of cyclic esters (lactones) is 1. The maximum atomic E-state index is 14.1. The van der Waals surface area contributed by atoms with Crippen LogP contribution >= 0.6 is 0 Å². The number of hydrogen-bond donors (Lipinski definition) is 6. The molecule has 0 radical (unpaired) electrons. The number of aliphatic hydroxyl groups excluding tert-OH is 3. The highest BCUT2D eigenvalue weighted by Gasteiger charge is 2.53. The highest BCUT2D eigenvalue weighted by atomic mass is 16.7. The van der Waals surface area contributed by atoms with E-state index in [0.29, 0.717) is 24.0 Å². The van der Waals surface area contributed by atoms with Crippen molar-refractivity contribution in [1.82, 2.24) is 14.5 Å². The van der Waals surface area contributed by atoms with E-state index in [0.717, 1.165) is 5.69 Å². The third-order valence-corrected chi connectivity index (χ3v) is 14.5. The van der Waals surface area contributed by atoms with Crippen molar-refractivity contribution < 1.29 is 73.4 Å². The van der Waals surface area contributed by atoms with E-state index in [2.05, 4.69) is 4.98 Å². The van der Waals surface area contributed by atoms with Crippen LogP contribution in [0.4, 0.5) is 0 Å². The summed E-state index contributed by atoms with van der Waals surface area (Å²) in [5.41, 5.74) is -4.21. The quantitative estimate of drug-likeness (QED) is 0.197. The Kier molecular flexibility index (Phi) is 19.1. The zero-order valence-corrected chi connectivity index (χ0v) is 42.5. The number of methoxy groups -OCH3 is 1. The van der Waals surface area contributed by atoms with Crippen molar-refractivity contribution >= 4 is 28.8 Å². The molecular formula is C49H79N3O16. The minimum absolute atomic E-state index is 0.0936. The Labute approximate surface area is 400 Å². The van der Waals surface area contributed by atoms with Gasteiger partial charge >= 0.3 is 11.9 Å². The van der Waals surface area contributed by atoms with Gasteiger partial charge in [-0.2, -0.15) is 0 Å². The third kappa shape index (κ3) is 12.3. The first-order valence-electron chi connectivity index (χ1n) is 23.8. The van der Waals surface area contributed by atoms with Gasteiger partial charge in [0.25, 0.3) is 0 Å². The van der Waals surface area contributed by atoms with Crippen LogP contribution in [-0.4, -0.2) is 168 Å². The van der Waals surface area contributed by atoms with Crippen molar-refractivity contribution in [2.75, 3.05) is 21.2 Å². The number of nitrogens with zero attached hydrogens (tertiary/aromatic N) is 3. The molecule has 19 heteroatoms. The van der Waals surface area contributed by atoms with Crippen molar-refractivity contribution in [3.8, 4) is 0 Å². The van der Waals surface area contributed by atoms with Gasteiger partial charge in [0.05, 0.1) is 53.0 Å². The Morgan fingerprint density at radius 3 is 2.12 bits per heavy atom. The fourth-order valence-corrected chi connectivity index (χ4v) is 10.2. The number of rotatable bonds is 9. The molecular weight excluding hydrogens is 887 g/mol. The summed E-state index contributed by atoms with van der Waals surface area (Å²) in [7, 11) is 5.18. The van der Waals surface area contributed by atoms with Gasteiger partial charge in [-0.25, -0.2) is 9.78 Å². The molecule has 0 spiro atoms. The van der Waals surface area contributed by atoms with E-state index in [1.165, 1.54) is 34.1 Å². The summed E-state index contributed by atoms with van der Waals surface area (Å²) < 4.78 is 38.7. The molecule has 3 aliphatic heterocycles. The normalized spacial score (nSPS) is 40.0. The largest absolute Gasteiger partial charge is 0.477 e. The lowest BCUT2D eigenvalue weighted by Gasteiger charge is -2.49. The van der Waals surface area contributed by atoms with Crippen LogP contribution in [0.15, 0.2) is 23.1 Å². The lowest BCUT2D eigenvalue weighted by atomic mass is 9.74. The molecule has 5 rings (SSSR count). The second-order valence-electron chi connectivity index (χ2n) is 20.3. The van der Waals surface area contributed by atoms with E-state index in [1.807, 2.05) is 39.8 Å². The molecule has 386 valence electrons. The Morgan fingerprint density at radius 2 is 1.56 bits per heavy atom. The minimum atomic E-state index is -1.99. The number of aliphatic hydroxyl groups is 5. The molecule has 19 nitrogen and oxygen atoms in total. The fraction of sp³-hybridized carbons (Fsp3) is 0.776. The van der Waals surface area contributed by atoms with Crippen LogP contribution < -0.4 is 5.43 Å². The van der Waals surface area contributed by atoms with Crippen molar-refractivity contribution in [1.29, 1.82) is 0 Å². The number of ketones is 1. The number of Topliss-reactive ketones (excluding diaryl/α,β-unsaturated/α-hetero) is 1. The predicted molar refractivity (Wildman–Crippen MR) is 250 cm³/mol. The standard InChI is InChI=1S/C37H67NO13.C12H12N2O3/c1-14-25-37(10,45)30(41)20(4)27(39)18(2)16-35(8,44)32(51-34-28(40)24(38(11)12)15-19(3)47-34)21(5)29(22(6)33(43)49-25)50-26-17-36(9,46-13)31(42)23(7)48-26;1-3-14-6-9(12(16)17)10(15)8-5-4-7(2)13-11(8)14/h18-26,28-32,34,40-42,44-45H,14-17H2,1-13H3;4-6H,3H2,1-2H3,(H,16,17)/t18-,19-,20+,21-,22-,23+,24+,25-,26+,28-,29+,30+,31+,32-,34+,35-,36-,37-;/m1./s1. The molecule has 3 fully saturated rings. The first-order chi connectivity index (χ1) is 31.5. The SMILES string of the molecule is CC[C@H]1OC(=O)[C@H](C)[C@@H](O[C@H]2C[C@@](C)(OC)[C@@H](O)[C@H](C)O2)[C@@H](C)[C@@H](O[C@@H]2O[C@H](C)C[C@H](N(C)C)[C@H]2O)[C@](C)(O)C[C@@H](C)C(=O)[C@H](C)[C@H](O)[C@]1(C)O.CCn1cc(C(=O)O)c(=O)c2ccc(C)nc21. The van der Waals surface area contributed by atoms with Crippen LogP contribution in [0.5, 0.6) is 0 Å². The zero-order chi connectivity index (χ0) is 51.5. The number of aryl methyl sites for hydroxylation is 2. The van der Waals surface area contributed by atoms with Crippen LogP contribution in [0.3, 0.4) is 0 Å². The van der Waals surface area contributed by atoms with Crippen molar-refractivity contribution in [3.63, 3.8) is 0 Å². The molecule has 0 amide bonds. The highest BCUT2D eigenvalue weighted by Crippen LogP contribution is 2.41. The van der Waals surface area contributed by atoms with Gasteiger partial charge in [-0.15, -0.1) is 0 Å². The number of carbonyl (C=O) groups excluding carboxylic acids is 2. The van der Waals surface area contributed by atoms with Gasteiger partial charge < -0.3 is 68.5 Å². The van der Waals surface area contributed by atoms with Crippen LogP contribution in [0.1, 0.15) is 118 Å². The molecule has 0 aromatic carbocycles. The van der Waals surface area contributed by atoms with E-state index in [-0.39, 0.29) is 37.0 Å². The molecule has 5 heterocycles. The smallest absolute Gasteiger partial charge is 0.341 e. The van der Waals surface area contributed by atoms with E-state index in [4.69, 9.17) is 33.5 Å². The number of carboxylic acid groups (broad SMARTS) is 1. The summed E-state index contributed by atoms with van der Waals surface area (Å²) >= 11 is 0. The number of esters is 1. The number of likely N-dealkylation sites (N-methyl/N-ethyl adjacent to an activating group) is 1. The third-order valence-electron chi connectivity index (χ3n) is 14.5. The lowest BCUT2D eigenvalue weighted by molar-refractivity contribution is -0.318. The van der Waals surface area contributed by atoms with E-state index in [1.54, 1.807) is 58.2 Å². The zero-order valence-electron chi connectivity index (χ0n) is 42.5. The average molecular weight is 966 g/mol. The van der Waals surface area contributed by atoms with E-state index >= 15 is 0 Å². The average Bonchev–Trinajstić information content (AvgIpc) is 3.27. The maximum Gasteiger partial charge on any atom is 0.341 e. The van der Waals surface area contributed by atoms with Crippen molar-refractivity contribution in [2.45, 2.75) is 200 Å². The van der Waals surface area contributed by atoms with Crippen molar-refractivity contribution in [2.24, 2.45) is 23.7 Å². The number of hydrogen-bond acceptors (Lipinski definition) is 17. The number of carboxylic acids is 1. The van der Waals surface area contributed by atoms with Crippen LogP contribution in [0.25, 0.3) is 11.0 Å². The second-order valence-corrected chi connectivity index (χ2v) is 20.3. The van der Waals surface area contributed by atoms with E-state index < -0.39 is 119 Å². The molecule has 0 bridgehead atoms. The fourth-order valence-electron chi connectivity index (χ4n) is 10.2. The molecule has 0 unspecified atom stereocenters. The summed E-state index contributed by atoms with van der Waals surface area (Å²) in [6.07, 6.45) is -8.36. The molecule has 3 saturated heterocycles.